The lowest BCUT2D eigenvalue weighted by Crippen LogP contribution is -2.30. The quantitative estimate of drug-likeness (QED) is 0.341. The van der Waals surface area contributed by atoms with E-state index >= 15 is 0 Å². The van der Waals surface area contributed by atoms with Gasteiger partial charge in [-0.3, -0.25) is 14.4 Å². The molecular weight excluding hydrogens is 371 g/mol. The van der Waals surface area contributed by atoms with Crippen LogP contribution in [0.5, 0.6) is 5.75 Å². The van der Waals surface area contributed by atoms with E-state index in [1.165, 1.54) is 13.8 Å². The molecule has 25 heavy (non-hydrogen) atoms. The Morgan fingerprint density at radius 2 is 1.88 bits per heavy atom. The van der Waals surface area contributed by atoms with Crippen LogP contribution in [-0.2, 0) is 19.6 Å². The highest BCUT2D eigenvalue weighted by molar-refractivity contribution is 7.88. The number of carbonyl (C=O) groups excluding carboxylic acids is 2. The molecule has 8 nitrogen and oxygen atoms in total. The number of aromatic amines is 1. The van der Waals surface area contributed by atoms with Crippen LogP contribution in [0.15, 0.2) is 10.9 Å². The highest BCUT2D eigenvalue weighted by Gasteiger charge is 2.49. The molecule has 0 aliphatic heterocycles. The monoisotopic (exact) mass is 385 g/mol. The van der Waals surface area contributed by atoms with Crippen molar-refractivity contribution in [1.29, 1.82) is 0 Å². The molecule has 0 spiro atoms. The smallest absolute Gasteiger partial charge is 0.465 e. The Kier molecular flexibility index (Phi) is 6.00. The summed E-state index contributed by atoms with van der Waals surface area (Å²) in [6.45, 7) is 3.62. The minimum Gasteiger partial charge on any atom is -0.465 e. The fourth-order valence-electron chi connectivity index (χ4n) is 1.75. The highest BCUT2D eigenvalue weighted by Crippen LogP contribution is 2.29. The number of H-pyrrole nitrogens is 1. The summed E-state index contributed by atoms with van der Waals surface area (Å²) in [4.78, 5) is 37.2. The molecule has 0 aromatic carbocycles. The molecule has 0 aliphatic carbocycles. The number of ketones is 1. The van der Waals surface area contributed by atoms with Gasteiger partial charge in [0.15, 0.2) is 11.5 Å². The maximum atomic E-state index is 12.5. The van der Waals surface area contributed by atoms with Crippen LogP contribution in [0, 0.1) is 0 Å². The van der Waals surface area contributed by atoms with Crippen molar-refractivity contribution in [2.75, 3.05) is 6.61 Å². The summed E-state index contributed by atoms with van der Waals surface area (Å²) >= 11 is 0. The molecule has 1 rings (SSSR count). The molecule has 1 atom stereocenters. The molecule has 0 aliphatic rings. The topological polar surface area (TPSA) is 120 Å². The van der Waals surface area contributed by atoms with Crippen molar-refractivity contribution >= 4 is 21.9 Å². The van der Waals surface area contributed by atoms with Gasteiger partial charge in [0.2, 0.25) is 0 Å². The molecule has 1 aromatic heterocycles. The molecule has 1 aromatic rings. The van der Waals surface area contributed by atoms with E-state index in [0.29, 0.717) is 6.07 Å². The lowest BCUT2D eigenvalue weighted by molar-refractivity contribution is -0.144. The molecule has 0 bridgehead atoms. The third kappa shape index (κ3) is 4.59. The minimum absolute atomic E-state index is 0.00471. The summed E-state index contributed by atoms with van der Waals surface area (Å²) in [5.41, 5.74) is -8.17. The van der Waals surface area contributed by atoms with E-state index in [1.54, 1.807) is 0 Å². The summed E-state index contributed by atoms with van der Waals surface area (Å²) in [7, 11) is -6.12. The molecule has 1 unspecified atom stereocenters. The van der Waals surface area contributed by atoms with Gasteiger partial charge in [0.1, 0.15) is 5.56 Å². The maximum absolute atomic E-state index is 12.5. The fraction of sp³-hybridized carbons (Fsp3) is 0.462. The minimum atomic E-state index is -6.12. The van der Waals surface area contributed by atoms with E-state index in [4.69, 9.17) is 4.74 Å². The second-order valence-corrected chi connectivity index (χ2v) is 6.34. The van der Waals surface area contributed by atoms with Crippen molar-refractivity contribution in [3.8, 4) is 5.75 Å². The molecule has 0 amide bonds. The number of carbonyl (C=O) groups is 2. The van der Waals surface area contributed by atoms with Crippen LogP contribution >= 0.6 is 0 Å². The number of alkyl halides is 3. The van der Waals surface area contributed by atoms with Crippen molar-refractivity contribution in [3.05, 3.63) is 27.7 Å². The SMILES string of the molecule is CCOC(=O)C(C)c1cc(OS(=O)(=O)C(F)(F)F)c(C(C)=O)c(=O)[nH]1. The fourth-order valence-corrected chi connectivity index (χ4v) is 2.21. The van der Waals surface area contributed by atoms with Crippen LogP contribution in [0.1, 0.15) is 42.7 Å². The Bertz CT molecular complexity index is 842. The van der Waals surface area contributed by atoms with Gasteiger partial charge in [-0.05, 0) is 20.8 Å². The maximum Gasteiger partial charge on any atom is 0.534 e. The van der Waals surface area contributed by atoms with Crippen molar-refractivity contribution in [3.63, 3.8) is 0 Å². The number of hydrogen-bond acceptors (Lipinski definition) is 7. The molecule has 0 saturated heterocycles. The van der Waals surface area contributed by atoms with E-state index in [1.807, 2.05) is 0 Å². The van der Waals surface area contributed by atoms with Crippen molar-refractivity contribution < 1.29 is 40.1 Å². The number of Topliss-reactive ketones (excluding diaryl/α,β-unsaturated/α-hetero) is 1. The zero-order valence-corrected chi connectivity index (χ0v) is 14.1. The van der Waals surface area contributed by atoms with E-state index in [9.17, 15) is 36.0 Å². The number of pyridine rings is 1. The first-order valence-electron chi connectivity index (χ1n) is 6.77. The highest BCUT2D eigenvalue weighted by atomic mass is 32.2. The number of hydrogen-bond donors (Lipinski definition) is 1. The zero-order valence-electron chi connectivity index (χ0n) is 13.3. The first-order valence-corrected chi connectivity index (χ1v) is 8.18. The molecule has 12 heteroatoms. The summed E-state index contributed by atoms with van der Waals surface area (Å²) in [6, 6.07) is 0.670. The van der Waals surface area contributed by atoms with Gasteiger partial charge in [-0.25, -0.2) is 0 Å². The number of nitrogens with one attached hydrogen (secondary N) is 1. The molecule has 1 heterocycles. The molecule has 0 fully saturated rings. The van der Waals surface area contributed by atoms with Gasteiger partial charge in [-0.1, -0.05) is 0 Å². The van der Waals surface area contributed by atoms with Crippen LogP contribution in [0.4, 0.5) is 13.2 Å². The van der Waals surface area contributed by atoms with E-state index in [0.717, 1.165) is 6.92 Å². The predicted octanol–water partition coefficient (Wildman–Crippen LogP) is 1.47. The second kappa shape index (κ2) is 7.25. The first-order chi connectivity index (χ1) is 11.3. The molecule has 0 radical (unpaired) electrons. The van der Waals surface area contributed by atoms with E-state index in [2.05, 4.69) is 9.17 Å². The molecule has 0 saturated carbocycles. The second-order valence-electron chi connectivity index (χ2n) is 4.81. The Balaban J connectivity index is 3.52. The van der Waals surface area contributed by atoms with Crippen molar-refractivity contribution in [2.24, 2.45) is 0 Å². The Morgan fingerprint density at radius 1 is 1.32 bits per heavy atom. The Labute approximate surface area is 140 Å². The lowest BCUT2D eigenvalue weighted by Gasteiger charge is -2.15. The van der Waals surface area contributed by atoms with E-state index < -0.39 is 50.2 Å². The predicted molar refractivity (Wildman–Crippen MR) is 77.7 cm³/mol. The zero-order chi connectivity index (χ0) is 19.6. The Morgan fingerprint density at radius 3 is 2.32 bits per heavy atom. The standard InChI is InChI=1S/C13H14F3NO7S/c1-4-23-12(20)6(2)8-5-9(10(7(3)18)11(19)17-8)24-25(21,22)13(14,15)16/h5-6H,4H2,1-3H3,(H,17,19). The van der Waals surface area contributed by atoms with Crippen LogP contribution < -0.4 is 9.74 Å². The molecule has 1 N–H and O–H groups in total. The number of esters is 1. The average molecular weight is 385 g/mol. The first kappa shape index (κ1) is 20.7. The van der Waals surface area contributed by atoms with E-state index in [-0.39, 0.29) is 12.3 Å². The number of halogens is 3. The summed E-state index contributed by atoms with van der Waals surface area (Å²) in [6.07, 6.45) is 0. The van der Waals surface area contributed by atoms with Gasteiger partial charge in [0.05, 0.1) is 12.5 Å². The summed E-state index contributed by atoms with van der Waals surface area (Å²) in [5, 5.41) is 0. The largest absolute Gasteiger partial charge is 0.534 e. The third-order valence-corrected chi connectivity index (χ3v) is 3.93. The molecular formula is C13H14F3NO7S. The number of ether oxygens (including phenoxy) is 1. The van der Waals surface area contributed by atoms with Crippen LogP contribution in [0.25, 0.3) is 0 Å². The van der Waals surface area contributed by atoms with Crippen molar-refractivity contribution in [2.45, 2.75) is 32.2 Å². The number of rotatable bonds is 6. The average Bonchev–Trinajstić information content (AvgIpc) is 2.43. The normalized spacial score (nSPS) is 13.2. The summed E-state index contributed by atoms with van der Waals surface area (Å²) in [5.74, 6) is -4.12. The van der Waals surface area contributed by atoms with Crippen LogP contribution in [0.3, 0.4) is 0 Å². The number of aromatic nitrogens is 1. The van der Waals surface area contributed by atoms with Gasteiger partial charge in [0, 0.05) is 11.8 Å². The van der Waals surface area contributed by atoms with Crippen LogP contribution in [0.2, 0.25) is 0 Å². The Hall–Kier alpha value is -2.37. The lowest BCUT2D eigenvalue weighted by atomic mass is 10.1. The van der Waals surface area contributed by atoms with Gasteiger partial charge in [-0.2, -0.15) is 21.6 Å². The molecule has 140 valence electrons. The third-order valence-electron chi connectivity index (χ3n) is 2.96. The summed E-state index contributed by atoms with van der Waals surface area (Å²) < 4.78 is 68.4. The van der Waals surface area contributed by atoms with Gasteiger partial charge >= 0.3 is 21.6 Å². The van der Waals surface area contributed by atoms with Gasteiger partial charge < -0.3 is 13.9 Å². The van der Waals surface area contributed by atoms with Gasteiger partial charge in [0.25, 0.3) is 5.56 Å². The van der Waals surface area contributed by atoms with Gasteiger partial charge in [-0.15, -0.1) is 0 Å². The van der Waals surface area contributed by atoms with Crippen LogP contribution in [-0.4, -0.2) is 37.3 Å². The van der Waals surface area contributed by atoms with Crippen molar-refractivity contribution in [1.82, 2.24) is 4.98 Å².